The van der Waals surface area contributed by atoms with Crippen molar-refractivity contribution >= 4 is 15.9 Å². The second kappa shape index (κ2) is 4.15. The second-order valence-corrected chi connectivity index (χ2v) is 6.28. The summed E-state index contributed by atoms with van der Waals surface area (Å²) in [4.78, 5) is 0. The van der Waals surface area contributed by atoms with E-state index in [1.54, 1.807) is 0 Å². The minimum Gasteiger partial charge on any atom is -0.311 e. The normalized spacial score (nSPS) is 22.4. The van der Waals surface area contributed by atoms with Gasteiger partial charge in [-0.15, -0.1) is 0 Å². The SMILES string of the molecule is Cc1nn(C)c(CNCC2CC2(C)C)c1Br. The van der Waals surface area contributed by atoms with Crippen molar-refractivity contribution in [1.29, 1.82) is 0 Å². The smallest absolute Gasteiger partial charge is 0.0739 e. The Hall–Kier alpha value is -0.350. The van der Waals surface area contributed by atoms with Gasteiger partial charge in [0.25, 0.3) is 0 Å². The lowest BCUT2D eigenvalue weighted by atomic mass is 10.1. The molecule has 1 fully saturated rings. The molecule has 0 radical (unpaired) electrons. The first kappa shape index (κ1) is 12.1. The Morgan fingerprint density at radius 2 is 2.19 bits per heavy atom. The van der Waals surface area contributed by atoms with Crippen molar-refractivity contribution in [2.75, 3.05) is 6.54 Å². The summed E-state index contributed by atoms with van der Waals surface area (Å²) in [6.07, 6.45) is 1.35. The van der Waals surface area contributed by atoms with Crippen LogP contribution in [-0.4, -0.2) is 16.3 Å². The summed E-state index contributed by atoms with van der Waals surface area (Å²) in [5, 5.41) is 7.91. The van der Waals surface area contributed by atoms with E-state index in [-0.39, 0.29) is 0 Å². The third-order valence-electron chi connectivity index (χ3n) is 3.66. The maximum absolute atomic E-state index is 4.38. The van der Waals surface area contributed by atoms with E-state index in [2.05, 4.69) is 40.2 Å². The highest BCUT2D eigenvalue weighted by Gasteiger charge is 2.44. The molecular weight excluding hydrogens is 266 g/mol. The second-order valence-electron chi connectivity index (χ2n) is 5.49. The van der Waals surface area contributed by atoms with Gasteiger partial charge in [-0.3, -0.25) is 4.68 Å². The Labute approximate surface area is 106 Å². The molecule has 3 nitrogen and oxygen atoms in total. The van der Waals surface area contributed by atoms with Crippen LogP contribution in [0.3, 0.4) is 0 Å². The first-order chi connectivity index (χ1) is 7.42. The van der Waals surface area contributed by atoms with Crippen molar-refractivity contribution in [3.8, 4) is 0 Å². The minimum atomic E-state index is 0.562. The minimum absolute atomic E-state index is 0.562. The van der Waals surface area contributed by atoms with E-state index in [1.165, 1.54) is 12.1 Å². The molecule has 1 saturated carbocycles. The number of aryl methyl sites for hydroxylation is 2. The van der Waals surface area contributed by atoms with Crippen molar-refractivity contribution in [3.05, 3.63) is 15.9 Å². The number of hydrogen-bond donors (Lipinski definition) is 1. The van der Waals surface area contributed by atoms with Crippen LogP contribution in [0.1, 0.15) is 31.7 Å². The predicted molar refractivity (Wildman–Crippen MR) is 69.2 cm³/mol. The predicted octanol–water partition coefficient (Wildman–Crippen LogP) is 2.63. The highest BCUT2D eigenvalue weighted by Crippen LogP contribution is 2.50. The van der Waals surface area contributed by atoms with Crippen molar-refractivity contribution in [3.63, 3.8) is 0 Å². The molecular formula is C12H20BrN3. The van der Waals surface area contributed by atoms with Gasteiger partial charge in [-0.05, 0) is 47.2 Å². The summed E-state index contributed by atoms with van der Waals surface area (Å²) >= 11 is 3.58. The number of hydrogen-bond acceptors (Lipinski definition) is 2. The number of aromatic nitrogens is 2. The van der Waals surface area contributed by atoms with Crippen LogP contribution >= 0.6 is 15.9 Å². The number of nitrogens with one attached hydrogen (secondary N) is 1. The van der Waals surface area contributed by atoms with Crippen LogP contribution in [0.25, 0.3) is 0 Å². The molecule has 1 atom stereocenters. The molecule has 4 heteroatoms. The van der Waals surface area contributed by atoms with Gasteiger partial charge < -0.3 is 5.32 Å². The standard InChI is InChI=1S/C12H20BrN3/c1-8-11(13)10(16(4)15-8)7-14-6-9-5-12(9,2)3/h9,14H,5-7H2,1-4H3. The maximum atomic E-state index is 4.38. The van der Waals surface area contributed by atoms with Crippen LogP contribution in [0.2, 0.25) is 0 Å². The van der Waals surface area contributed by atoms with Crippen molar-refractivity contribution in [2.24, 2.45) is 18.4 Å². The molecule has 16 heavy (non-hydrogen) atoms. The molecule has 0 aliphatic heterocycles. The van der Waals surface area contributed by atoms with Gasteiger partial charge >= 0.3 is 0 Å². The zero-order valence-electron chi connectivity index (χ0n) is 10.5. The van der Waals surface area contributed by atoms with E-state index < -0.39 is 0 Å². The van der Waals surface area contributed by atoms with Gasteiger partial charge in [0, 0.05) is 13.6 Å². The zero-order valence-corrected chi connectivity index (χ0v) is 12.1. The highest BCUT2D eigenvalue weighted by molar-refractivity contribution is 9.10. The molecule has 1 N–H and O–H groups in total. The summed E-state index contributed by atoms with van der Waals surface area (Å²) in [5.41, 5.74) is 2.86. The lowest BCUT2D eigenvalue weighted by Crippen LogP contribution is -2.20. The lowest BCUT2D eigenvalue weighted by Gasteiger charge is -2.07. The van der Waals surface area contributed by atoms with E-state index in [9.17, 15) is 0 Å². The summed E-state index contributed by atoms with van der Waals surface area (Å²) in [6, 6.07) is 0. The molecule has 1 aliphatic carbocycles. The molecule has 90 valence electrons. The molecule has 0 aromatic carbocycles. The topological polar surface area (TPSA) is 29.9 Å². The van der Waals surface area contributed by atoms with Crippen molar-refractivity contribution < 1.29 is 0 Å². The third kappa shape index (κ3) is 2.33. The highest BCUT2D eigenvalue weighted by atomic mass is 79.9. The lowest BCUT2D eigenvalue weighted by molar-refractivity contribution is 0.511. The monoisotopic (exact) mass is 285 g/mol. The summed E-state index contributed by atoms with van der Waals surface area (Å²) in [6.45, 7) is 8.71. The molecule has 1 aromatic rings. The van der Waals surface area contributed by atoms with E-state index in [0.29, 0.717) is 5.41 Å². The van der Waals surface area contributed by atoms with Gasteiger partial charge in [-0.25, -0.2) is 0 Å². The van der Waals surface area contributed by atoms with Crippen LogP contribution in [0.4, 0.5) is 0 Å². The van der Waals surface area contributed by atoms with Crippen molar-refractivity contribution in [1.82, 2.24) is 15.1 Å². The van der Waals surface area contributed by atoms with Gasteiger partial charge in [0.2, 0.25) is 0 Å². The Balaban J connectivity index is 1.86. The number of halogens is 1. The quantitative estimate of drug-likeness (QED) is 0.922. The first-order valence-electron chi connectivity index (χ1n) is 5.80. The molecule has 1 unspecified atom stereocenters. The molecule has 1 aromatic heterocycles. The molecule has 0 amide bonds. The molecule has 0 bridgehead atoms. The molecule has 1 aliphatic rings. The van der Waals surface area contributed by atoms with Crippen LogP contribution in [0.5, 0.6) is 0 Å². The summed E-state index contributed by atoms with van der Waals surface area (Å²) < 4.78 is 3.09. The van der Waals surface area contributed by atoms with Crippen LogP contribution < -0.4 is 5.32 Å². The van der Waals surface area contributed by atoms with Crippen molar-refractivity contribution in [2.45, 2.75) is 33.7 Å². The molecule has 1 heterocycles. The zero-order chi connectivity index (χ0) is 11.9. The van der Waals surface area contributed by atoms with E-state index in [4.69, 9.17) is 0 Å². The third-order valence-corrected chi connectivity index (χ3v) is 4.69. The summed E-state index contributed by atoms with van der Waals surface area (Å²) in [7, 11) is 2.00. The largest absolute Gasteiger partial charge is 0.311 e. The summed E-state index contributed by atoms with van der Waals surface area (Å²) in [5.74, 6) is 0.848. The Morgan fingerprint density at radius 1 is 1.56 bits per heavy atom. The Bertz CT molecular complexity index is 395. The fraction of sp³-hybridized carbons (Fsp3) is 0.750. The van der Waals surface area contributed by atoms with Gasteiger partial charge in [0.05, 0.1) is 15.9 Å². The van der Waals surface area contributed by atoms with Crippen LogP contribution in [-0.2, 0) is 13.6 Å². The average Bonchev–Trinajstić information content (AvgIpc) is 2.71. The Morgan fingerprint density at radius 3 is 2.62 bits per heavy atom. The number of nitrogens with zero attached hydrogens (tertiary/aromatic N) is 2. The fourth-order valence-corrected chi connectivity index (χ4v) is 2.64. The average molecular weight is 286 g/mol. The van der Waals surface area contributed by atoms with E-state index >= 15 is 0 Å². The van der Waals surface area contributed by atoms with Crippen LogP contribution in [0, 0.1) is 18.3 Å². The molecule has 0 spiro atoms. The Kier molecular flexibility index (Phi) is 3.14. The van der Waals surface area contributed by atoms with Gasteiger partial charge in [0.15, 0.2) is 0 Å². The van der Waals surface area contributed by atoms with E-state index in [0.717, 1.165) is 29.2 Å². The molecule has 0 saturated heterocycles. The maximum Gasteiger partial charge on any atom is 0.0739 e. The van der Waals surface area contributed by atoms with Gasteiger partial charge in [0.1, 0.15) is 0 Å². The first-order valence-corrected chi connectivity index (χ1v) is 6.60. The number of rotatable bonds is 4. The fourth-order valence-electron chi connectivity index (χ4n) is 2.16. The van der Waals surface area contributed by atoms with Gasteiger partial charge in [-0.1, -0.05) is 13.8 Å². The van der Waals surface area contributed by atoms with Crippen LogP contribution in [0.15, 0.2) is 4.47 Å². The van der Waals surface area contributed by atoms with E-state index in [1.807, 2.05) is 18.7 Å². The molecule has 2 rings (SSSR count). The van der Waals surface area contributed by atoms with Gasteiger partial charge in [-0.2, -0.15) is 5.10 Å².